The number of hydrogen-bond donors (Lipinski definition) is 3. The van der Waals surface area contributed by atoms with Crippen LogP contribution in [0.1, 0.15) is 46.8 Å². The van der Waals surface area contributed by atoms with Crippen LogP contribution >= 0.6 is 0 Å². The second-order valence-corrected chi connectivity index (χ2v) is 12.8. The molecule has 1 aliphatic carbocycles. The molecule has 1 saturated heterocycles. The van der Waals surface area contributed by atoms with Crippen LogP contribution in [0, 0.1) is 0 Å². The fourth-order valence-corrected chi connectivity index (χ4v) is 6.49. The van der Waals surface area contributed by atoms with Crippen molar-refractivity contribution in [2.45, 2.75) is 61.2 Å². The van der Waals surface area contributed by atoms with Crippen molar-refractivity contribution < 1.29 is 49.7 Å². The lowest BCUT2D eigenvalue weighted by Gasteiger charge is -2.26. The molecule has 46 heavy (non-hydrogen) atoms. The number of rotatable bonds is 13. The number of nitrogens with one attached hydrogen (secondary N) is 2. The molecule has 0 bridgehead atoms. The molecule has 0 aromatic heterocycles. The molecule has 0 spiro atoms. The summed E-state index contributed by atoms with van der Waals surface area (Å²) in [5.41, 5.74) is 0.492. The Morgan fingerprint density at radius 3 is 2.20 bits per heavy atom. The van der Waals surface area contributed by atoms with E-state index in [9.17, 15) is 40.3 Å². The molecular weight excluding hydrogens is 637 g/mol. The molecule has 5 rings (SSSR count). The number of alkyl halides is 5. The summed E-state index contributed by atoms with van der Waals surface area (Å²) < 4.78 is 102. The lowest BCUT2D eigenvalue weighted by molar-refractivity contribution is -0.137. The Kier molecular flexibility index (Phi) is 10.2. The van der Waals surface area contributed by atoms with Crippen molar-refractivity contribution in [2.75, 3.05) is 24.7 Å². The van der Waals surface area contributed by atoms with Crippen LogP contribution in [-0.2, 0) is 20.9 Å². The van der Waals surface area contributed by atoms with E-state index >= 15 is 0 Å². The number of amides is 1. The highest BCUT2D eigenvalue weighted by molar-refractivity contribution is 7.89. The molecule has 2 aliphatic rings. The van der Waals surface area contributed by atoms with Gasteiger partial charge in [-0.3, -0.25) is 4.79 Å². The van der Waals surface area contributed by atoms with Crippen LogP contribution in [0.15, 0.2) is 77.7 Å². The molecule has 1 heterocycles. The van der Waals surface area contributed by atoms with Gasteiger partial charge in [0.15, 0.2) is 0 Å². The number of aliphatic hydroxyl groups is 1. The Bertz CT molecular complexity index is 1580. The van der Waals surface area contributed by atoms with E-state index < -0.39 is 59.1 Å². The van der Waals surface area contributed by atoms with Gasteiger partial charge in [-0.25, -0.2) is 13.1 Å². The van der Waals surface area contributed by atoms with E-state index in [2.05, 4.69) is 14.8 Å². The van der Waals surface area contributed by atoms with Crippen LogP contribution in [0.2, 0.25) is 0 Å². The third kappa shape index (κ3) is 8.51. The molecule has 15 heteroatoms. The third-order valence-electron chi connectivity index (χ3n) is 7.72. The van der Waals surface area contributed by atoms with Crippen LogP contribution in [0.25, 0.3) is 0 Å². The Morgan fingerprint density at radius 2 is 1.63 bits per heavy atom. The SMILES string of the molecule is O=C(NC(CO)c1ccc(S(=O)(=O)NC2CC2)cc1)c1ccc(N2C[C@@H](Oc3ccc(C(F)(F)F)cc3)C[C@H]2COC(F)F)cc1. The molecule has 1 amide bonds. The summed E-state index contributed by atoms with van der Waals surface area (Å²) in [6.45, 7) is -3.56. The molecule has 3 atom stereocenters. The van der Waals surface area contributed by atoms with Gasteiger partial charge in [0.05, 0.1) is 42.3 Å². The van der Waals surface area contributed by atoms with Crippen LogP contribution in [0.4, 0.5) is 27.6 Å². The van der Waals surface area contributed by atoms with Crippen LogP contribution in [-0.4, -0.2) is 64.0 Å². The lowest BCUT2D eigenvalue weighted by Crippen LogP contribution is -2.34. The fourth-order valence-electron chi connectivity index (χ4n) is 5.18. The lowest BCUT2D eigenvalue weighted by atomic mass is 10.1. The Balaban J connectivity index is 1.23. The maximum absolute atomic E-state index is 13.0. The van der Waals surface area contributed by atoms with E-state index in [1.165, 1.54) is 48.5 Å². The van der Waals surface area contributed by atoms with Gasteiger partial charge in [0.1, 0.15) is 11.9 Å². The van der Waals surface area contributed by atoms with Gasteiger partial charge >= 0.3 is 12.8 Å². The average Bonchev–Trinajstić information content (AvgIpc) is 3.74. The maximum Gasteiger partial charge on any atom is 0.416 e. The molecule has 1 unspecified atom stereocenters. The number of sulfonamides is 1. The first-order chi connectivity index (χ1) is 21.8. The highest BCUT2D eigenvalue weighted by Crippen LogP contribution is 2.33. The first-order valence-electron chi connectivity index (χ1n) is 14.5. The standard InChI is InChI=1S/C31H32F5N3O6S/c32-30(33)44-18-24-15-26(45-25-11-5-21(6-12-25)31(34,35)36)16-39(24)23-9-1-20(2-10-23)29(41)37-28(17-40)19-3-13-27(14-4-19)46(42,43)38-22-7-8-22/h1-6,9-14,22,24,26,28,30,38,40H,7-8,15-18H2,(H,37,41)/t24-,26-,28?/m0/s1. The van der Waals surface area contributed by atoms with Gasteiger partial charge in [-0.05, 0) is 79.1 Å². The van der Waals surface area contributed by atoms with Crippen LogP contribution in [0.3, 0.4) is 0 Å². The van der Waals surface area contributed by atoms with Crippen molar-refractivity contribution >= 4 is 21.6 Å². The van der Waals surface area contributed by atoms with E-state index in [-0.39, 0.29) is 41.8 Å². The second kappa shape index (κ2) is 13.9. The smallest absolute Gasteiger partial charge is 0.416 e. The Labute approximate surface area is 262 Å². The number of aliphatic hydroxyl groups excluding tert-OH is 1. The summed E-state index contributed by atoms with van der Waals surface area (Å²) >= 11 is 0. The van der Waals surface area contributed by atoms with Gasteiger partial charge in [0, 0.05) is 23.7 Å². The average molecular weight is 670 g/mol. The third-order valence-corrected chi connectivity index (χ3v) is 9.25. The van der Waals surface area contributed by atoms with Gasteiger partial charge < -0.3 is 24.8 Å². The monoisotopic (exact) mass is 669 g/mol. The molecule has 0 radical (unpaired) electrons. The fraction of sp³-hybridized carbons (Fsp3) is 0.387. The van der Waals surface area contributed by atoms with Crippen molar-refractivity contribution in [1.82, 2.24) is 10.0 Å². The van der Waals surface area contributed by atoms with Gasteiger partial charge in [-0.1, -0.05) is 12.1 Å². The summed E-state index contributed by atoms with van der Waals surface area (Å²) in [6, 6.07) is 14.9. The highest BCUT2D eigenvalue weighted by Gasteiger charge is 2.35. The molecule has 248 valence electrons. The number of benzene rings is 3. The maximum atomic E-state index is 13.0. The number of nitrogens with zero attached hydrogens (tertiary/aromatic N) is 1. The van der Waals surface area contributed by atoms with Gasteiger partial charge in [-0.2, -0.15) is 22.0 Å². The summed E-state index contributed by atoms with van der Waals surface area (Å²) in [5.74, 6) is -0.315. The van der Waals surface area contributed by atoms with Gasteiger partial charge in [-0.15, -0.1) is 0 Å². The van der Waals surface area contributed by atoms with Gasteiger partial charge in [0.25, 0.3) is 5.91 Å². The van der Waals surface area contributed by atoms with E-state index in [4.69, 9.17) is 4.74 Å². The summed E-state index contributed by atoms with van der Waals surface area (Å²) in [5, 5.41) is 12.7. The molecule has 3 aromatic carbocycles. The number of halogens is 5. The summed E-state index contributed by atoms with van der Waals surface area (Å²) in [6.07, 6.45) is -3.19. The molecular formula is C31H32F5N3O6S. The minimum Gasteiger partial charge on any atom is -0.489 e. The molecule has 1 aliphatic heterocycles. The zero-order valence-corrected chi connectivity index (χ0v) is 25.1. The first kappa shape index (κ1) is 33.6. The minimum atomic E-state index is -4.49. The molecule has 9 nitrogen and oxygen atoms in total. The van der Waals surface area contributed by atoms with Crippen molar-refractivity contribution in [1.29, 1.82) is 0 Å². The summed E-state index contributed by atoms with van der Waals surface area (Å²) in [4.78, 5) is 14.9. The van der Waals surface area contributed by atoms with Crippen molar-refractivity contribution in [3.8, 4) is 5.75 Å². The predicted octanol–water partition coefficient (Wildman–Crippen LogP) is 4.88. The topological polar surface area (TPSA) is 117 Å². The van der Waals surface area contributed by atoms with Crippen LogP contribution in [0.5, 0.6) is 5.75 Å². The van der Waals surface area contributed by atoms with Gasteiger partial charge in [0.2, 0.25) is 10.0 Å². The largest absolute Gasteiger partial charge is 0.489 e. The zero-order chi connectivity index (χ0) is 33.1. The van der Waals surface area contributed by atoms with E-state index in [1.54, 1.807) is 17.0 Å². The first-order valence-corrected chi connectivity index (χ1v) is 15.9. The normalized spacial score (nSPS) is 19.3. The quantitative estimate of drug-likeness (QED) is 0.222. The molecule has 2 fully saturated rings. The van der Waals surface area contributed by atoms with Crippen molar-refractivity contribution in [3.05, 3.63) is 89.5 Å². The van der Waals surface area contributed by atoms with E-state index in [0.717, 1.165) is 25.0 Å². The number of hydrogen-bond acceptors (Lipinski definition) is 7. The predicted molar refractivity (Wildman–Crippen MR) is 157 cm³/mol. The van der Waals surface area contributed by atoms with Crippen LogP contribution < -0.4 is 19.7 Å². The second-order valence-electron chi connectivity index (χ2n) is 11.1. The number of carbonyl (C=O) groups excluding carboxylic acids is 1. The Hall–Kier alpha value is -3.79. The van der Waals surface area contributed by atoms with Crippen molar-refractivity contribution in [3.63, 3.8) is 0 Å². The molecule has 3 aromatic rings. The van der Waals surface area contributed by atoms with E-state index in [0.29, 0.717) is 11.3 Å². The minimum absolute atomic E-state index is 0.0506. The van der Waals surface area contributed by atoms with E-state index in [1.807, 2.05) is 0 Å². The number of ether oxygens (including phenoxy) is 2. The number of anilines is 1. The molecule has 1 saturated carbocycles. The highest BCUT2D eigenvalue weighted by atomic mass is 32.2. The zero-order valence-electron chi connectivity index (χ0n) is 24.3. The summed E-state index contributed by atoms with van der Waals surface area (Å²) in [7, 11) is -3.66. The van der Waals surface area contributed by atoms with Crippen molar-refractivity contribution in [2.24, 2.45) is 0 Å². The number of carbonyl (C=O) groups is 1. The Morgan fingerprint density at radius 1 is 0.978 bits per heavy atom. The molecule has 3 N–H and O–H groups in total.